The van der Waals surface area contributed by atoms with E-state index in [-0.39, 0.29) is 36.8 Å². The molecule has 0 aliphatic carbocycles. The number of carbonyl (C=O) groups is 2. The molecule has 23 heavy (non-hydrogen) atoms. The van der Waals surface area contributed by atoms with Crippen molar-refractivity contribution in [3.8, 4) is 0 Å². The van der Waals surface area contributed by atoms with Crippen molar-refractivity contribution in [1.29, 1.82) is 0 Å². The number of rotatable bonds is 4. The normalized spacial score (nSPS) is 24.9. The Morgan fingerprint density at radius 3 is 2.57 bits per heavy atom. The molecular formula is C14H23ClF3N3O2. The topological polar surface area (TPSA) is 61.4 Å². The second-order valence-corrected chi connectivity index (χ2v) is 6.03. The van der Waals surface area contributed by atoms with Gasteiger partial charge in [-0.15, -0.1) is 12.4 Å². The first-order valence-corrected chi connectivity index (χ1v) is 7.71. The fourth-order valence-corrected chi connectivity index (χ4v) is 3.02. The van der Waals surface area contributed by atoms with Crippen molar-refractivity contribution >= 4 is 24.2 Å². The van der Waals surface area contributed by atoms with Crippen LogP contribution in [-0.2, 0) is 9.59 Å². The van der Waals surface area contributed by atoms with Crippen LogP contribution in [0.1, 0.15) is 32.1 Å². The zero-order chi connectivity index (χ0) is 16.2. The fraction of sp³-hybridized carbons (Fsp3) is 0.857. The Morgan fingerprint density at radius 2 is 1.96 bits per heavy atom. The molecule has 0 aromatic heterocycles. The number of piperidine rings is 1. The Balaban J connectivity index is 0.00000264. The maximum atomic E-state index is 12.3. The summed E-state index contributed by atoms with van der Waals surface area (Å²) in [6.07, 6.45) is -2.60. The number of nitrogens with one attached hydrogen (secondary N) is 2. The zero-order valence-corrected chi connectivity index (χ0v) is 13.6. The van der Waals surface area contributed by atoms with Crippen molar-refractivity contribution in [2.24, 2.45) is 5.92 Å². The van der Waals surface area contributed by atoms with Gasteiger partial charge in [-0.2, -0.15) is 13.2 Å². The summed E-state index contributed by atoms with van der Waals surface area (Å²) in [5, 5.41) is 5.94. The molecule has 2 aliphatic heterocycles. The molecule has 0 aromatic rings. The lowest BCUT2D eigenvalue weighted by molar-refractivity contribution is -0.162. The van der Waals surface area contributed by atoms with E-state index < -0.39 is 18.5 Å². The molecule has 9 heteroatoms. The van der Waals surface area contributed by atoms with Gasteiger partial charge in [-0.1, -0.05) is 0 Å². The van der Waals surface area contributed by atoms with Crippen molar-refractivity contribution in [3.63, 3.8) is 0 Å². The molecule has 2 heterocycles. The average molecular weight is 358 g/mol. The highest BCUT2D eigenvalue weighted by molar-refractivity contribution is 5.85. The second kappa shape index (κ2) is 8.73. The number of carbonyl (C=O) groups excluding carboxylic acids is 2. The van der Waals surface area contributed by atoms with Gasteiger partial charge in [0.1, 0.15) is 6.42 Å². The summed E-state index contributed by atoms with van der Waals surface area (Å²) in [5.74, 6) is -0.909. The highest BCUT2D eigenvalue weighted by atomic mass is 35.5. The van der Waals surface area contributed by atoms with Crippen molar-refractivity contribution in [1.82, 2.24) is 15.5 Å². The van der Waals surface area contributed by atoms with E-state index in [2.05, 4.69) is 10.6 Å². The van der Waals surface area contributed by atoms with E-state index in [1.54, 1.807) is 0 Å². The molecule has 0 aromatic carbocycles. The van der Waals surface area contributed by atoms with Crippen LogP contribution >= 0.6 is 12.4 Å². The maximum absolute atomic E-state index is 12.3. The molecule has 2 atom stereocenters. The first kappa shape index (κ1) is 20.0. The molecular weight excluding hydrogens is 335 g/mol. The van der Waals surface area contributed by atoms with Crippen molar-refractivity contribution in [3.05, 3.63) is 0 Å². The van der Waals surface area contributed by atoms with Crippen LogP contribution in [0.5, 0.6) is 0 Å². The first-order chi connectivity index (χ1) is 10.3. The molecule has 2 fully saturated rings. The van der Waals surface area contributed by atoms with Gasteiger partial charge in [0.15, 0.2) is 0 Å². The molecule has 0 radical (unpaired) electrons. The quantitative estimate of drug-likeness (QED) is 0.801. The number of amides is 2. The van der Waals surface area contributed by atoms with Gasteiger partial charge in [0.05, 0.1) is 6.04 Å². The third-order valence-electron chi connectivity index (χ3n) is 4.17. The van der Waals surface area contributed by atoms with Crippen molar-refractivity contribution in [2.45, 2.75) is 44.3 Å². The van der Waals surface area contributed by atoms with Gasteiger partial charge in [0.25, 0.3) is 0 Å². The standard InChI is InChI=1S/C14H22F3N3O2.ClH/c15-14(16,17)7-12(21)20-6-2-3-10(9-20)8-19-13(22)11-4-1-5-18-11;/h10-11,18H,1-9H2,(H,19,22);1H. The average Bonchev–Trinajstić information content (AvgIpc) is 2.97. The van der Waals surface area contributed by atoms with Crippen LogP contribution in [0.4, 0.5) is 13.2 Å². The number of halogens is 4. The Kier molecular flexibility index (Phi) is 7.60. The zero-order valence-electron chi connectivity index (χ0n) is 12.8. The lowest BCUT2D eigenvalue weighted by Crippen LogP contribution is -2.47. The van der Waals surface area contributed by atoms with Crippen LogP contribution in [0.3, 0.4) is 0 Å². The molecule has 0 spiro atoms. The van der Waals surface area contributed by atoms with Crippen molar-refractivity contribution < 1.29 is 22.8 Å². The van der Waals surface area contributed by atoms with E-state index in [0.29, 0.717) is 19.5 Å². The Morgan fingerprint density at radius 1 is 1.22 bits per heavy atom. The Hall–Kier alpha value is -1.02. The smallest absolute Gasteiger partial charge is 0.354 e. The highest BCUT2D eigenvalue weighted by Gasteiger charge is 2.35. The summed E-state index contributed by atoms with van der Waals surface area (Å²) in [5.41, 5.74) is 0. The minimum atomic E-state index is -4.47. The molecule has 0 saturated carbocycles. The molecule has 2 aliphatic rings. The predicted molar refractivity (Wildman–Crippen MR) is 81.3 cm³/mol. The van der Waals surface area contributed by atoms with E-state index in [9.17, 15) is 22.8 Å². The van der Waals surface area contributed by atoms with Crippen LogP contribution in [0, 0.1) is 5.92 Å². The minimum Gasteiger partial charge on any atom is -0.354 e. The summed E-state index contributed by atoms with van der Waals surface area (Å²) in [6, 6.07) is -0.161. The number of alkyl halides is 3. The van der Waals surface area contributed by atoms with Gasteiger partial charge < -0.3 is 15.5 Å². The van der Waals surface area contributed by atoms with Crippen LogP contribution in [0.2, 0.25) is 0 Å². The Labute approximate surface area is 139 Å². The van der Waals surface area contributed by atoms with E-state index >= 15 is 0 Å². The van der Waals surface area contributed by atoms with Crippen molar-refractivity contribution in [2.75, 3.05) is 26.2 Å². The number of likely N-dealkylation sites (tertiary alicyclic amines) is 1. The molecule has 2 rings (SSSR count). The lowest BCUT2D eigenvalue weighted by atomic mass is 9.97. The number of hydrogen-bond donors (Lipinski definition) is 2. The molecule has 2 N–H and O–H groups in total. The number of hydrogen-bond acceptors (Lipinski definition) is 3. The molecule has 0 bridgehead atoms. The lowest BCUT2D eigenvalue weighted by Gasteiger charge is -2.33. The third kappa shape index (κ3) is 6.55. The molecule has 2 amide bonds. The van der Waals surface area contributed by atoms with Crippen LogP contribution in [0.15, 0.2) is 0 Å². The predicted octanol–water partition coefficient (Wildman–Crippen LogP) is 1.47. The minimum absolute atomic E-state index is 0. The second-order valence-electron chi connectivity index (χ2n) is 6.03. The van der Waals surface area contributed by atoms with E-state index in [1.165, 1.54) is 4.90 Å². The van der Waals surface area contributed by atoms with Crippen LogP contribution in [0.25, 0.3) is 0 Å². The van der Waals surface area contributed by atoms with Gasteiger partial charge >= 0.3 is 6.18 Å². The molecule has 5 nitrogen and oxygen atoms in total. The van der Waals surface area contributed by atoms with Gasteiger partial charge in [-0.05, 0) is 38.1 Å². The van der Waals surface area contributed by atoms with E-state index in [4.69, 9.17) is 0 Å². The summed E-state index contributed by atoms with van der Waals surface area (Å²) < 4.78 is 36.8. The largest absolute Gasteiger partial charge is 0.397 e. The summed E-state index contributed by atoms with van der Waals surface area (Å²) in [7, 11) is 0. The number of nitrogens with zero attached hydrogens (tertiary/aromatic N) is 1. The monoisotopic (exact) mass is 357 g/mol. The first-order valence-electron chi connectivity index (χ1n) is 7.71. The van der Waals surface area contributed by atoms with Gasteiger partial charge in [0.2, 0.25) is 11.8 Å². The summed E-state index contributed by atoms with van der Waals surface area (Å²) >= 11 is 0. The molecule has 2 saturated heterocycles. The summed E-state index contributed by atoms with van der Waals surface area (Å²) in [6.45, 7) is 1.89. The third-order valence-corrected chi connectivity index (χ3v) is 4.17. The summed E-state index contributed by atoms with van der Waals surface area (Å²) in [4.78, 5) is 24.8. The molecule has 134 valence electrons. The van der Waals surface area contributed by atoms with Gasteiger partial charge in [-0.3, -0.25) is 9.59 Å². The fourth-order valence-electron chi connectivity index (χ4n) is 3.02. The van der Waals surface area contributed by atoms with E-state index in [0.717, 1.165) is 25.8 Å². The molecule has 2 unspecified atom stereocenters. The maximum Gasteiger partial charge on any atom is 0.397 e. The van der Waals surface area contributed by atoms with Crippen LogP contribution in [-0.4, -0.2) is 55.1 Å². The van der Waals surface area contributed by atoms with Gasteiger partial charge in [-0.25, -0.2) is 0 Å². The SMILES string of the molecule is Cl.O=C(NCC1CCCN(C(=O)CC(F)(F)F)C1)C1CCCN1. The van der Waals surface area contributed by atoms with Gasteiger partial charge in [0, 0.05) is 19.6 Å². The van der Waals surface area contributed by atoms with E-state index in [1.807, 2.05) is 0 Å². The van der Waals surface area contributed by atoms with Crippen LogP contribution < -0.4 is 10.6 Å². The highest BCUT2D eigenvalue weighted by Crippen LogP contribution is 2.23. The Bertz CT molecular complexity index is 415.